The normalized spacial score (nSPS) is 10.0. The first-order valence-electron chi connectivity index (χ1n) is 6.52. The van der Waals surface area contributed by atoms with Crippen molar-refractivity contribution in [3.63, 3.8) is 0 Å². The Kier molecular flexibility index (Phi) is 4.57. The van der Waals surface area contributed by atoms with Gasteiger partial charge in [0.2, 0.25) is 0 Å². The summed E-state index contributed by atoms with van der Waals surface area (Å²) in [7, 11) is 0. The molecule has 2 aromatic rings. The first kappa shape index (κ1) is 15.3. The van der Waals surface area contributed by atoms with Gasteiger partial charge >= 0.3 is 5.97 Å². The van der Waals surface area contributed by atoms with Gasteiger partial charge in [-0.05, 0) is 19.1 Å². The molecule has 0 bridgehead atoms. The smallest absolute Gasteiger partial charge is 0.340 e. The molecule has 1 aromatic heterocycles. The molecule has 0 fully saturated rings. The van der Waals surface area contributed by atoms with Gasteiger partial charge in [0, 0.05) is 12.1 Å². The van der Waals surface area contributed by atoms with Crippen molar-refractivity contribution in [2.24, 2.45) is 0 Å². The Balaban J connectivity index is 2.29. The lowest BCUT2D eigenvalue weighted by Crippen LogP contribution is -2.18. The number of hydrogen-bond donors (Lipinski definition) is 3. The minimum absolute atomic E-state index is 0.0279. The van der Waals surface area contributed by atoms with Crippen LogP contribution in [0.15, 0.2) is 41.2 Å². The van der Waals surface area contributed by atoms with Crippen molar-refractivity contribution in [3.05, 3.63) is 57.9 Å². The summed E-state index contributed by atoms with van der Waals surface area (Å²) < 4.78 is 4.91. The van der Waals surface area contributed by atoms with E-state index in [1.54, 1.807) is 19.1 Å². The summed E-state index contributed by atoms with van der Waals surface area (Å²) in [6.45, 7) is 1.89. The predicted molar refractivity (Wildman–Crippen MR) is 79.1 cm³/mol. The van der Waals surface area contributed by atoms with Gasteiger partial charge in [0.15, 0.2) is 5.88 Å². The van der Waals surface area contributed by atoms with Crippen molar-refractivity contribution in [2.45, 2.75) is 6.92 Å². The van der Waals surface area contributed by atoms with Crippen LogP contribution in [0.2, 0.25) is 0 Å². The van der Waals surface area contributed by atoms with Crippen molar-refractivity contribution in [1.82, 2.24) is 4.98 Å². The first-order chi connectivity index (χ1) is 10.5. The fourth-order valence-electron chi connectivity index (χ4n) is 1.83. The van der Waals surface area contributed by atoms with E-state index in [9.17, 15) is 19.5 Å². The average molecular weight is 302 g/mol. The Morgan fingerprint density at radius 3 is 2.68 bits per heavy atom. The van der Waals surface area contributed by atoms with E-state index < -0.39 is 23.3 Å². The van der Waals surface area contributed by atoms with E-state index in [1.807, 2.05) is 0 Å². The van der Waals surface area contributed by atoms with E-state index in [4.69, 9.17) is 4.74 Å². The van der Waals surface area contributed by atoms with Gasteiger partial charge in [-0.3, -0.25) is 14.6 Å². The fourth-order valence-corrected chi connectivity index (χ4v) is 1.83. The van der Waals surface area contributed by atoms with Crippen LogP contribution in [-0.4, -0.2) is 28.6 Å². The molecule has 1 amide bonds. The maximum Gasteiger partial charge on any atom is 0.340 e. The van der Waals surface area contributed by atoms with Crippen LogP contribution in [-0.2, 0) is 4.74 Å². The number of aromatic hydroxyl groups is 1. The van der Waals surface area contributed by atoms with Crippen LogP contribution >= 0.6 is 0 Å². The van der Waals surface area contributed by atoms with Crippen molar-refractivity contribution in [2.75, 3.05) is 11.9 Å². The number of ether oxygens (including phenoxy) is 1. The zero-order valence-electron chi connectivity index (χ0n) is 11.8. The van der Waals surface area contributed by atoms with Gasteiger partial charge in [-0.25, -0.2) is 4.79 Å². The number of H-pyrrole nitrogens is 1. The van der Waals surface area contributed by atoms with Gasteiger partial charge in [0.25, 0.3) is 11.5 Å². The number of esters is 1. The van der Waals surface area contributed by atoms with Crippen molar-refractivity contribution >= 4 is 17.6 Å². The Hall–Kier alpha value is -3.09. The van der Waals surface area contributed by atoms with Gasteiger partial charge in [-0.2, -0.15) is 0 Å². The van der Waals surface area contributed by atoms with Crippen LogP contribution in [0.3, 0.4) is 0 Å². The summed E-state index contributed by atoms with van der Waals surface area (Å²) >= 11 is 0. The lowest BCUT2D eigenvalue weighted by Gasteiger charge is -2.10. The van der Waals surface area contributed by atoms with Gasteiger partial charge in [0.05, 0.1) is 23.4 Å². The minimum atomic E-state index is -0.627. The van der Waals surface area contributed by atoms with Crippen molar-refractivity contribution in [1.29, 1.82) is 0 Å². The average Bonchev–Trinajstić information content (AvgIpc) is 2.47. The van der Waals surface area contributed by atoms with E-state index in [2.05, 4.69) is 10.3 Å². The maximum absolute atomic E-state index is 12.1. The summed E-state index contributed by atoms with van der Waals surface area (Å²) in [5.41, 5.74) is -0.179. The summed E-state index contributed by atoms with van der Waals surface area (Å²) in [6.07, 6.45) is 0. The SMILES string of the molecule is CCOC(=O)c1ccccc1NC(=O)c1cc(O)[nH]c(=O)c1. The number of pyridine rings is 1. The fraction of sp³-hybridized carbons (Fsp3) is 0.133. The van der Waals surface area contributed by atoms with Crippen LogP contribution in [0.4, 0.5) is 5.69 Å². The molecule has 0 aliphatic rings. The molecule has 0 aliphatic carbocycles. The second-order valence-electron chi connectivity index (χ2n) is 4.34. The second-order valence-corrected chi connectivity index (χ2v) is 4.34. The third kappa shape index (κ3) is 3.51. The number of amides is 1. The number of anilines is 1. The number of carbonyl (C=O) groups is 2. The monoisotopic (exact) mass is 302 g/mol. The third-order valence-corrected chi connectivity index (χ3v) is 2.76. The van der Waals surface area contributed by atoms with Gasteiger partial charge in [0.1, 0.15) is 0 Å². The molecular formula is C15H14N2O5. The van der Waals surface area contributed by atoms with E-state index in [1.165, 1.54) is 12.1 Å². The first-order valence-corrected chi connectivity index (χ1v) is 6.52. The highest BCUT2D eigenvalue weighted by molar-refractivity contribution is 6.08. The molecular weight excluding hydrogens is 288 g/mol. The van der Waals surface area contributed by atoms with Crippen LogP contribution < -0.4 is 10.9 Å². The number of aromatic nitrogens is 1. The number of aromatic amines is 1. The molecule has 0 unspecified atom stereocenters. The highest BCUT2D eigenvalue weighted by Crippen LogP contribution is 2.17. The molecule has 22 heavy (non-hydrogen) atoms. The predicted octanol–water partition coefficient (Wildman–Crippen LogP) is 1.51. The molecule has 3 N–H and O–H groups in total. The summed E-state index contributed by atoms with van der Waals surface area (Å²) in [5.74, 6) is -1.61. The highest BCUT2D eigenvalue weighted by atomic mass is 16.5. The minimum Gasteiger partial charge on any atom is -0.494 e. The van der Waals surface area contributed by atoms with Crippen LogP contribution in [0.1, 0.15) is 27.6 Å². The number of rotatable bonds is 4. The van der Waals surface area contributed by atoms with Gasteiger partial charge < -0.3 is 15.2 Å². The molecule has 0 saturated carbocycles. The number of hydrogen-bond acceptors (Lipinski definition) is 5. The standard InChI is InChI=1S/C15H14N2O5/c1-2-22-15(21)10-5-3-4-6-11(10)16-14(20)9-7-12(18)17-13(19)8-9/h3-8H,2H2,1H3,(H,16,20)(H2,17,18,19). The molecule has 7 nitrogen and oxygen atoms in total. The molecule has 2 rings (SSSR count). The third-order valence-electron chi connectivity index (χ3n) is 2.76. The molecule has 0 atom stereocenters. The Morgan fingerprint density at radius 1 is 1.27 bits per heavy atom. The molecule has 0 radical (unpaired) electrons. The summed E-state index contributed by atoms with van der Waals surface area (Å²) in [5, 5.41) is 11.8. The molecule has 0 spiro atoms. The lowest BCUT2D eigenvalue weighted by atomic mass is 10.1. The highest BCUT2D eigenvalue weighted by Gasteiger charge is 2.15. The largest absolute Gasteiger partial charge is 0.494 e. The molecule has 114 valence electrons. The van der Waals surface area contributed by atoms with Gasteiger partial charge in [-0.15, -0.1) is 0 Å². The van der Waals surface area contributed by atoms with E-state index in [-0.39, 0.29) is 23.4 Å². The molecule has 0 saturated heterocycles. The van der Waals surface area contributed by atoms with Crippen LogP contribution in [0, 0.1) is 0 Å². The topological polar surface area (TPSA) is 108 Å². The number of nitrogens with one attached hydrogen (secondary N) is 2. The van der Waals surface area contributed by atoms with Crippen LogP contribution in [0.5, 0.6) is 5.88 Å². The van der Waals surface area contributed by atoms with E-state index >= 15 is 0 Å². The number of benzene rings is 1. The van der Waals surface area contributed by atoms with E-state index in [0.29, 0.717) is 0 Å². The zero-order valence-corrected chi connectivity index (χ0v) is 11.8. The van der Waals surface area contributed by atoms with Crippen LogP contribution in [0.25, 0.3) is 0 Å². The lowest BCUT2D eigenvalue weighted by molar-refractivity contribution is 0.0527. The Bertz CT molecular complexity index is 767. The Labute approximate surface area is 125 Å². The number of para-hydroxylation sites is 1. The summed E-state index contributed by atoms with van der Waals surface area (Å²) in [6, 6.07) is 8.50. The zero-order chi connectivity index (χ0) is 16.1. The molecule has 7 heteroatoms. The number of carbonyl (C=O) groups excluding carboxylic acids is 2. The maximum atomic E-state index is 12.1. The molecule has 0 aliphatic heterocycles. The molecule has 1 heterocycles. The van der Waals surface area contributed by atoms with Crippen molar-refractivity contribution in [3.8, 4) is 5.88 Å². The van der Waals surface area contributed by atoms with Gasteiger partial charge in [-0.1, -0.05) is 12.1 Å². The van der Waals surface area contributed by atoms with Crippen molar-refractivity contribution < 1.29 is 19.4 Å². The summed E-state index contributed by atoms with van der Waals surface area (Å²) in [4.78, 5) is 37.3. The molecule has 1 aromatic carbocycles. The van der Waals surface area contributed by atoms with E-state index in [0.717, 1.165) is 12.1 Å². The quantitative estimate of drug-likeness (QED) is 0.742. The second kappa shape index (κ2) is 6.57. The Morgan fingerprint density at radius 2 is 2.00 bits per heavy atom.